The van der Waals surface area contributed by atoms with Gasteiger partial charge in [0.2, 0.25) is 0 Å². The maximum atomic E-state index is 5.81. The van der Waals surface area contributed by atoms with Crippen molar-refractivity contribution in [2.75, 3.05) is 26.9 Å². The van der Waals surface area contributed by atoms with Gasteiger partial charge >= 0.3 is 0 Å². The summed E-state index contributed by atoms with van der Waals surface area (Å²) < 4.78 is 11.6. The standard InChI is InChI=1S/C13H16BrCl2NO2/c1-18-5-4-17-8-10-6-11(14)2-3-13(10)19-9-12(16)7-15/h2-3,6-7,17H,4-5,8-9H2,1H3. The molecule has 0 spiro atoms. The minimum atomic E-state index is 0.262. The van der Waals surface area contributed by atoms with Crippen molar-refractivity contribution in [3.05, 3.63) is 38.8 Å². The zero-order valence-corrected chi connectivity index (χ0v) is 13.7. The van der Waals surface area contributed by atoms with E-state index in [-0.39, 0.29) is 6.61 Å². The first-order valence-corrected chi connectivity index (χ1v) is 7.33. The lowest BCUT2D eigenvalue weighted by atomic mass is 10.2. The van der Waals surface area contributed by atoms with E-state index in [4.69, 9.17) is 32.7 Å². The molecule has 0 fully saturated rings. The molecule has 1 N–H and O–H groups in total. The van der Waals surface area contributed by atoms with Crippen molar-refractivity contribution in [2.45, 2.75) is 6.54 Å². The van der Waals surface area contributed by atoms with Crippen molar-refractivity contribution in [1.29, 1.82) is 0 Å². The quantitative estimate of drug-likeness (QED) is 0.706. The van der Waals surface area contributed by atoms with Crippen LogP contribution in [0.25, 0.3) is 0 Å². The van der Waals surface area contributed by atoms with Crippen LogP contribution in [0.1, 0.15) is 5.56 Å². The highest BCUT2D eigenvalue weighted by molar-refractivity contribution is 9.10. The molecule has 1 aromatic rings. The van der Waals surface area contributed by atoms with Gasteiger partial charge in [-0.1, -0.05) is 39.1 Å². The van der Waals surface area contributed by atoms with Gasteiger partial charge in [-0.2, -0.15) is 0 Å². The van der Waals surface area contributed by atoms with Gasteiger partial charge in [-0.15, -0.1) is 0 Å². The van der Waals surface area contributed by atoms with E-state index in [1.54, 1.807) is 7.11 Å². The molecule has 0 aliphatic carbocycles. The Bertz CT molecular complexity index is 427. The number of hydrogen-bond acceptors (Lipinski definition) is 3. The average Bonchev–Trinajstić information content (AvgIpc) is 2.42. The Labute approximate surface area is 132 Å². The fourth-order valence-corrected chi connectivity index (χ4v) is 1.93. The summed E-state index contributed by atoms with van der Waals surface area (Å²) in [5.74, 6) is 0.782. The molecule has 0 bridgehead atoms. The fraction of sp³-hybridized carbons (Fsp3) is 0.385. The number of ether oxygens (including phenoxy) is 2. The highest BCUT2D eigenvalue weighted by Crippen LogP contribution is 2.24. The highest BCUT2D eigenvalue weighted by Gasteiger charge is 2.05. The van der Waals surface area contributed by atoms with E-state index in [1.165, 1.54) is 5.54 Å². The third-order valence-corrected chi connectivity index (χ3v) is 3.39. The maximum Gasteiger partial charge on any atom is 0.125 e. The number of hydrogen-bond donors (Lipinski definition) is 1. The van der Waals surface area contributed by atoms with Crippen LogP contribution in [-0.4, -0.2) is 26.9 Å². The van der Waals surface area contributed by atoms with E-state index in [0.29, 0.717) is 18.2 Å². The van der Waals surface area contributed by atoms with Crippen LogP contribution in [0.5, 0.6) is 5.75 Å². The van der Waals surface area contributed by atoms with Gasteiger partial charge in [0, 0.05) is 35.8 Å². The minimum Gasteiger partial charge on any atom is -0.488 e. The molecule has 3 nitrogen and oxygen atoms in total. The van der Waals surface area contributed by atoms with Gasteiger partial charge in [0.1, 0.15) is 12.4 Å². The van der Waals surface area contributed by atoms with E-state index in [1.807, 2.05) is 18.2 Å². The molecule has 19 heavy (non-hydrogen) atoms. The molecule has 0 amide bonds. The summed E-state index contributed by atoms with van der Waals surface area (Å²) in [5, 5.41) is 3.73. The summed E-state index contributed by atoms with van der Waals surface area (Å²) in [6, 6.07) is 5.83. The van der Waals surface area contributed by atoms with Gasteiger partial charge in [0.25, 0.3) is 0 Å². The third-order valence-electron chi connectivity index (χ3n) is 2.30. The molecule has 106 valence electrons. The second-order valence-corrected chi connectivity index (χ2v) is 5.39. The second kappa shape index (κ2) is 9.61. The lowest BCUT2D eigenvalue weighted by Gasteiger charge is -2.12. The Kier molecular flexibility index (Phi) is 8.50. The van der Waals surface area contributed by atoms with Crippen LogP contribution in [0.2, 0.25) is 0 Å². The summed E-state index contributed by atoms with van der Waals surface area (Å²) in [7, 11) is 1.68. The predicted octanol–water partition coefficient (Wildman–Crippen LogP) is 3.88. The summed E-state index contributed by atoms with van der Waals surface area (Å²) in [4.78, 5) is 0. The van der Waals surface area contributed by atoms with Crippen LogP contribution < -0.4 is 10.1 Å². The molecule has 0 atom stereocenters. The first kappa shape index (κ1) is 16.8. The van der Waals surface area contributed by atoms with E-state index in [0.717, 1.165) is 22.3 Å². The van der Waals surface area contributed by atoms with Crippen LogP contribution >= 0.6 is 39.1 Å². The van der Waals surface area contributed by atoms with Gasteiger partial charge in [-0.3, -0.25) is 0 Å². The van der Waals surface area contributed by atoms with Gasteiger partial charge in [0.15, 0.2) is 0 Å². The molecule has 0 heterocycles. The molecule has 1 aromatic carbocycles. The molecule has 0 aliphatic rings. The van der Waals surface area contributed by atoms with Crippen molar-refractivity contribution in [2.24, 2.45) is 0 Å². The Morgan fingerprint density at radius 2 is 2.26 bits per heavy atom. The molecule has 1 rings (SSSR count). The van der Waals surface area contributed by atoms with Crippen molar-refractivity contribution in [3.8, 4) is 5.75 Å². The molecule has 0 saturated heterocycles. The smallest absolute Gasteiger partial charge is 0.125 e. The van der Waals surface area contributed by atoms with Crippen LogP contribution in [-0.2, 0) is 11.3 Å². The maximum absolute atomic E-state index is 5.81. The number of methoxy groups -OCH3 is 1. The Morgan fingerprint density at radius 3 is 2.95 bits per heavy atom. The van der Waals surface area contributed by atoms with Gasteiger partial charge in [-0.05, 0) is 18.2 Å². The monoisotopic (exact) mass is 367 g/mol. The van der Waals surface area contributed by atoms with E-state index < -0.39 is 0 Å². The first-order chi connectivity index (χ1) is 9.17. The van der Waals surface area contributed by atoms with Gasteiger partial charge < -0.3 is 14.8 Å². The molecule has 6 heteroatoms. The van der Waals surface area contributed by atoms with E-state index in [2.05, 4.69) is 21.2 Å². The molecule has 0 saturated carbocycles. The highest BCUT2D eigenvalue weighted by atomic mass is 79.9. The second-order valence-electron chi connectivity index (χ2n) is 3.77. The predicted molar refractivity (Wildman–Crippen MR) is 83.0 cm³/mol. The summed E-state index contributed by atoms with van der Waals surface area (Å²) in [6.07, 6.45) is 0. The summed E-state index contributed by atoms with van der Waals surface area (Å²) >= 11 is 14.7. The van der Waals surface area contributed by atoms with Gasteiger partial charge in [0.05, 0.1) is 11.6 Å². The first-order valence-electron chi connectivity index (χ1n) is 5.73. The largest absolute Gasteiger partial charge is 0.488 e. The SMILES string of the molecule is COCCNCc1cc(Br)ccc1OCC(Cl)=CCl. The number of nitrogens with one attached hydrogen (secondary N) is 1. The lowest BCUT2D eigenvalue weighted by Crippen LogP contribution is -2.19. The summed E-state index contributed by atoms with van der Waals surface area (Å²) in [6.45, 7) is 2.41. The van der Waals surface area contributed by atoms with Crippen LogP contribution in [0.3, 0.4) is 0 Å². The zero-order valence-electron chi connectivity index (χ0n) is 10.6. The summed E-state index contributed by atoms with van der Waals surface area (Å²) in [5.41, 5.74) is 2.35. The lowest BCUT2D eigenvalue weighted by molar-refractivity contribution is 0.199. The van der Waals surface area contributed by atoms with Crippen molar-refractivity contribution < 1.29 is 9.47 Å². The Morgan fingerprint density at radius 1 is 1.47 bits per heavy atom. The molecular formula is C13H16BrCl2NO2. The Hall–Kier alpha value is -0.260. The average molecular weight is 369 g/mol. The van der Waals surface area contributed by atoms with Crippen molar-refractivity contribution in [1.82, 2.24) is 5.32 Å². The third kappa shape index (κ3) is 6.63. The van der Waals surface area contributed by atoms with Crippen molar-refractivity contribution >= 4 is 39.1 Å². The normalized spacial score (nSPS) is 11.7. The topological polar surface area (TPSA) is 30.5 Å². The number of rotatable bonds is 8. The Balaban J connectivity index is 2.63. The minimum absolute atomic E-state index is 0.262. The van der Waals surface area contributed by atoms with E-state index >= 15 is 0 Å². The molecule has 0 aliphatic heterocycles. The fourth-order valence-electron chi connectivity index (χ4n) is 1.40. The van der Waals surface area contributed by atoms with Gasteiger partial charge in [-0.25, -0.2) is 0 Å². The van der Waals surface area contributed by atoms with Crippen LogP contribution in [0.15, 0.2) is 33.2 Å². The molecule has 0 unspecified atom stereocenters. The number of benzene rings is 1. The molecular weight excluding hydrogens is 353 g/mol. The molecule has 0 aromatic heterocycles. The van der Waals surface area contributed by atoms with Crippen molar-refractivity contribution in [3.63, 3.8) is 0 Å². The van der Waals surface area contributed by atoms with Crippen LogP contribution in [0.4, 0.5) is 0 Å². The molecule has 0 radical (unpaired) electrons. The number of halogens is 3. The van der Waals surface area contributed by atoms with Crippen LogP contribution in [0, 0.1) is 0 Å². The zero-order chi connectivity index (χ0) is 14.1. The van der Waals surface area contributed by atoms with E-state index in [9.17, 15) is 0 Å².